The van der Waals surface area contributed by atoms with E-state index in [2.05, 4.69) is 10.2 Å². The smallest absolute Gasteiger partial charge is 0.362 e. The molecule has 1 atom stereocenters. The summed E-state index contributed by atoms with van der Waals surface area (Å²) in [7, 11) is 0. The second-order valence-electron chi connectivity index (χ2n) is 5.55. The molecular formula is C16H12ClF3N4O2S. The van der Waals surface area contributed by atoms with Gasteiger partial charge < -0.3 is 5.11 Å². The molecule has 2 N–H and O–H groups in total. The predicted molar refractivity (Wildman–Crippen MR) is 95.9 cm³/mol. The van der Waals surface area contributed by atoms with Crippen molar-refractivity contribution < 1.29 is 23.1 Å². The molecule has 0 bridgehead atoms. The van der Waals surface area contributed by atoms with Crippen molar-refractivity contribution in [3.63, 3.8) is 0 Å². The molecule has 2 amide bonds. The summed E-state index contributed by atoms with van der Waals surface area (Å²) in [5.41, 5.74) is -0.987. The van der Waals surface area contributed by atoms with Crippen LogP contribution in [-0.4, -0.2) is 40.0 Å². The Morgan fingerprint density at radius 1 is 1.37 bits per heavy atom. The molecule has 2 aromatic rings. The largest absolute Gasteiger partial charge is 0.438 e. The van der Waals surface area contributed by atoms with Crippen LogP contribution in [0.3, 0.4) is 0 Å². The van der Waals surface area contributed by atoms with Gasteiger partial charge in [-0.1, -0.05) is 29.8 Å². The Bertz CT molecular complexity index is 884. The summed E-state index contributed by atoms with van der Waals surface area (Å²) < 4.78 is 40.2. The van der Waals surface area contributed by atoms with E-state index in [0.29, 0.717) is 15.5 Å². The summed E-state index contributed by atoms with van der Waals surface area (Å²) in [6.45, 7) is 0. The molecule has 1 aromatic heterocycles. The Hall–Kier alpha value is -2.43. The Labute approximate surface area is 160 Å². The van der Waals surface area contributed by atoms with Crippen LogP contribution in [-0.2, 0) is 0 Å². The van der Waals surface area contributed by atoms with Gasteiger partial charge in [-0.05, 0) is 29.1 Å². The average molecular weight is 417 g/mol. The molecule has 1 aromatic carbocycles. The molecule has 2 heterocycles. The summed E-state index contributed by atoms with van der Waals surface area (Å²) in [6, 6.07) is 8.26. The number of nitrogens with one attached hydrogen (secondary N) is 1. The number of hydrogen-bond acceptors (Lipinski definition) is 5. The minimum Gasteiger partial charge on any atom is -0.362 e. The van der Waals surface area contributed by atoms with Gasteiger partial charge in [0.1, 0.15) is 0 Å². The standard InChI is InChI=1S/C16H12ClF3N4O2S/c17-11-5-3-10(4-6-11)9-21-22-14(25)24-15(26,16(18,19)20)8-12(23-24)13-2-1-7-27-13/h1-7,9,26H,8H2,(H,22,25)/b21-9+. The summed E-state index contributed by atoms with van der Waals surface area (Å²) in [5, 5.41) is 19.5. The molecular weight excluding hydrogens is 405 g/mol. The fraction of sp³-hybridized carbons (Fsp3) is 0.188. The SMILES string of the molecule is O=C(N/N=C/c1ccc(Cl)cc1)N1N=C(c2cccs2)CC1(O)C(F)(F)F. The lowest BCUT2D eigenvalue weighted by atomic mass is 10.1. The molecule has 0 saturated heterocycles. The zero-order valence-electron chi connectivity index (χ0n) is 13.4. The third-order valence-corrected chi connectivity index (χ3v) is 4.85. The predicted octanol–water partition coefficient (Wildman–Crippen LogP) is 3.81. The Balaban J connectivity index is 1.80. The van der Waals surface area contributed by atoms with E-state index in [1.165, 1.54) is 6.21 Å². The number of amides is 2. The average Bonchev–Trinajstić information content (AvgIpc) is 3.24. The molecule has 0 aliphatic carbocycles. The molecule has 6 nitrogen and oxygen atoms in total. The third kappa shape index (κ3) is 3.97. The molecule has 11 heteroatoms. The zero-order valence-corrected chi connectivity index (χ0v) is 15.0. The van der Waals surface area contributed by atoms with Crippen LogP contribution in [0.4, 0.5) is 18.0 Å². The first-order chi connectivity index (χ1) is 12.7. The molecule has 1 unspecified atom stereocenters. The van der Waals surface area contributed by atoms with Crippen molar-refractivity contribution in [2.45, 2.75) is 18.3 Å². The van der Waals surface area contributed by atoms with Gasteiger partial charge in [-0.2, -0.15) is 28.4 Å². The van der Waals surface area contributed by atoms with E-state index >= 15 is 0 Å². The van der Waals surface area contributed by atoms with Crippen molar-refractivity contribution in [1.82, 2.24) is 10.4 Å². The fourth-order valence-corrected chi connectivity index (χ4v) is 3.15. The van der Waals surface area contributed by atoms with Crippen LogP contribution in [0.15, 0.2) is 52.0 Å². The first kappa shape index (κ1) is 19.3. The second kappa shape index (κ2) is 7.29. The van der Waals surface area contributed by atoms with Crippen molar-refractivity contribution >= 4 is 40.9 Å². The Kier molecular flexibility index (Phi) is 5.22. The first-order valence-corrected chi connectivity index (χ1v) is 8.76. The number of hydrazone groups is 2. The van der Waals surface area contributed by atoms with E-state index in [9.17, 15) is 23.1 Å². The maximum absolute atomic E-state index is 13.4. The normalized spacial score (nSPS) is 20.2. The van der Waals surface area contributed by atoms with E-state index in [4.69, 9.17) is 11.6 Å². The van der Waals surface area contributed by atoms with E-state index in [1.807, 2.05) is 5.43 Å². The molecule has 142 valence electrons. The Morgan fingerprint density at radius 2 is 2.07 bits per heavy atom. The van der Waals surface area contributed by atoms with Crippen LogP contribution in [0.25, 0.3) is 0 Å². The van der Waals surface area contributed by atoms with Gasteiger partial charge in [0.2, 0.25) is 0 Å². The first-order valence-electron chi connectivity index (χ1n) is 7.50. The maximum Gasteiger partial charge on any atom is 0.438 e. The van der Waals surface area contributed by atoms with E-state index < -0.39 is 24.4 Å². The Morgan fingerprint density at radius 3 is 2.67 bits per heavy atom. The van der Waals surface area contributed by atoms with Gasteiger partial charge in [0, 0.05) is 5.02 Å². The number of nitrogens with zero attached hydrogens (tertiary/aromatic N) is 3. The van der Waals surface area contributed by atoms with Crippen molar-refractivity contribution in [3.8, 4) is 0 Å². The zero-order chi connectivity index (χ0) is 19.7. The van der Waals surface area contributed by atoms with Gasteiger partial charge >= 0.3 is 12.2 Å². The second-order valence-corrected chi connectivity index (χ2v) is 6.94. The van der Waals surface area contributed by atoms with Crippen LogP contribution in [0.2, 0.25) is 5.02 Å². The number of aliphatic hydroxyl groups is 1. The highest BCUT2D eigenvalue weighted by molar-refractivity contribution is 7.12. The number of carbonyl (C=O) groups is 1. The minimum absolute atomic E-state index is 0.0265. The number of rotatable bonds is 3. The number of benzene rings is 1. The van der Waals surface area contributed by atoms with Crippen LogP contribution in [0.5, 0.6) is 0 Å². The van der Waals surface area contributed by atoms with Crippen molar-refractivity contribution in [1.29, 1.82) is 0 Å². The molecule has 0 saturated carbocycles. The van der Waals surface area contributed by atoms with Gasteiger partial charge in [0.25, 0.3) is 5.72 Å². The number of urea groups is 1. The van der Waals surface area contributed by atoms with Gasteiger partial charge in [-0.3, -0.25) is 0 Å². The molecule has 1 aliphatic heterocycles. The van der Waals surface area contributed by atoms with Crippen molar-refractivity contribution in [2.24, 2.45) is 10.2 Å². The lowest BCUT2D eigenvalue weighted by molar-refractivity contribution is -0.297. The van der Waals surface area contributed by atoms with Gasteiger partial charge in [0.05, 0.1) is 23.2 Å². The molecule has 0 spiro atoms. The van der Waals surface area contributed by atoms with Crippen LogP contribution in [0, 0.1) is 0 Å². The topological polar surface area (TPSA) is 77.3 Å². The molecule has 1 aliphatic rings. The highest BCUT2D eigenvalue weighted by Gasteiger charge is 2.63. The lowest BCUT2D eigenvalue weighted by Crippen LogP contribution is -2.58. The molecule has 3 rings (SSSR count). The maximum atomic E-state index is 13.4. The van der Waals surface area contributed by atoms with Crippen molar-refractivity contribution in [3.05, 3.63) is 57.2 Å². The summed E-state index contributed by atoms with van der Waals surface area (Å²) >= 11 is 6.90. The van der Waals surface area contributed by atoms with Crippen LogP contribution < -0.4 is 5.43 Å². The molecule has 27 heavy (non-hydrogen) atoms. The fourth-order valence-electron chi connectivity index (χ4n) is 2.32. The molecule has 0 radical (unpaired) electrons. The lowest BCUT2D eigenvalue weighted by Gasteiger charge is -2.31. The molecule has 0 fully saturated rings. The third-order valence-electron chi connectivity index (χ3n) is 3.68. The number of carbonyl (C=O) groups excluding carboxylic acids is 1. The number of alkyl halides is 3. The number of hydrogen-bond donors (Lipinski definition) is 2. The summed E-state index contributed by atoms with van der Waals surface area (Å²) in [5.74, 6) is 0. The van der Waals surface area contributed by atoms with E-state index in [1.54, 1.807) is 41.8 Å². The number of halogens is 4. The highest BCUT2D eigenvalue weighted by Crippen LogP contribution is 2.41. The summed E-state index contributed by atoms with van der Waals surface area (Å²) in [6.07, 6.45) is -4.75. The summed E-state index contributed by atoms with van der Waals surface area (Å²) in [4.78, 5) is 12.6. The highest BCUT2D eigenvalue weighted by atomic mass is 35.5. The minimum atomic E-state index is -5.10. The van der Waals surface area contributed by atoms with Gasteiger partial charge in [-0.25, -0.2) is 10.2 Å². The van der Waals surface area contributed by atoms with Gasteiger partial charge in [0.15, 0.2) is 0 Å². The van der Waals surface area contributed by atoms with Crippen molar-refractivity contribution in [2.75, 3.05) is 0 Å². The quantitative estimate of drug-likeness (QED) is 0.589. The number of thiophene rings is 1. The van der Waals surface area contributed by atoms with E-state index in [-0.39, 0.29) is 10.7 Å². The monoisotopic (exact) mass is 416 g/mol. The van der Waals surface area contributed by atoms with Crippen LogP contribution in [0.1, 0.15) is 16.9 Å². The van der Waals surface area contributed by atoms with Gasteiger partial charge in [-0.15, -0.1) is 11.3 Å². The van der Waals surface area contributed by atoms with Crippen LogP contribution >= 0.6 is 22.9 Å². The van der Waals surface area contributed by atoms with E-state index in [0.717, 1.165) is 11.3 Å².